The zero-order valence-corrected chi connectivity index (χ0v) is 12.0. The number of nitrogens with two attached hydrogens (primary N) is 1. The predicted molar refractivity (Wildman–Crippen MR) is 79.2 cm³/mol. The van der Waals surface area contributed by atoms with Gasteiger partial charge in [-0.1, -0.05) is 6.07 Å². The zero-order chi connectivity index (χ0) is 14.6. The third-order valence-corrected chi connectivity index (χ3v) is 4.90. The maximum atomic E-state index is 11.9. The molecule has 0 spiro atoms. The summed E-state index contributed by atoms with van der Waals surface area (Å²) in [7, 11) is -2.94. The molecular weight excluding hydrogens is 278 g/mol. The second-order valence-electron chi connectivity index (χ2n) is 4.96. The van der Waals surface area contributed by atoms with Gasteiger partial charge in [0.15, 0.2) is 9.84 Å². The van der Waals surface area contributed by atoms with Crippen LogP contribution in [0.4, 0.5) is 11.4 Å². The summed E-state index contributed by atoms with van der Waals surface area (Å²) in [6.45, 7) is 1.24. The molecule has 6 nitrogen and oxygen atoms in total. The average molecular weight is 297 g/mol. The van der Waals surface area contributed by atoms with E-state index >= 15 is 0 Å². The van der Waals surface area contributed by atoms with Crippen LogP contribution in [0.1, 0.15) is 6.42 Å². The number of anilines is 2. The number of carbonyl (C=O) groups excluding carboxylic acids is 1. The largest absolute Gasteiger partial charge is 0.399 e. The molecule has 0 unspecified atom stereocenters. The lowest BCUT2D eigenvalue weighted by molar-refractivity contribution is -0.117. The number of nitrogens with one attached hydrogen (secondary N) is 1. The first-order valence-corrected chi connectivity index (χ1v) is 8.35. The van der Waals surface area contributed by atoms with E-state index in [0.717, 1.165) is 0 Å². The van der Waals surface area contributed by atoms with Crippen molar-refractivity contribution in [1.29, 1.82) is 0 Å². The van der Waals surface area contributed by atoms with E-state index < -0.39 is 9.84 Å². The molecule has 2 rings (SSSR count). The second kappa shape index (κ2) is 6.23. The van der Waals surface area contributed by atoms with Gasteiger partial charge in [0, 0.05) is 17.9 Å². The van der Waals surface area contributed by atoms with Crippen LogP contribution in [-0.4, -0.2) is 50.4 Å². The Morgan fingerprint density at radius 3 is 2.85 bits per heavy atom. The molecule has 0 bridgehead atoms. The minimum Gasteiger partial charge on any atom is -0.399 e. The number of amides is 1. The first kappa shape index (κ1) is 14.8. The van der Waals surface area contributed by atoms with Crippen molar-refractivity contribution in [2.75, 3.05) is 42.2 Å². The molecule has 110 valence electrons. The van der Waals surface area contributed by atoms with Crippen molar-refractivity contribution in [3.63, 3.8) is 0 Å². The van der Waals surface area contributed by atoms with Crippen molar-refractivity contribution < 1.29 is 13.2 Å². The van der Waals surface area contributed by atoms with Crippen LogP contribution in [0.3, 0.4) is 0 Å². The molecule has 1 aliphatic heterocycles. The molecule has 7 heteroatoms. The minimum atomic E-state index is -2.94. The van der Waals surface area contributed by atoms with Crippen LogP contribution in [0.25, 0.3) is 0 Å². The molecule has 0 radical (unpaired) electrons. The molecule has 1 heterocycles. The topological polar surface area (TPSA) is 92.5 Å². The summed E-state index contributed by atoms with van der Waals surface area (Å²) < 4.78 is 23.0. The lowest BCUT2D eigenvalue weighted by Gasteiger charge is -2.18. The summed E-state index contributed by atoms with van der Waals surface area (Å²) >= 11 is 0. The van der Waals surface area contributed by atoms with E-state index in [-0.39, 0.29) is 24.0 Å². The minimum absolute atomic E-state index is 0.124. The van der Waals surface area contributed by atoms with Gasteiger partial charge in [-0.2, -0.15) is 0 Å². The maximum absolute atomic E-state index is 11.9. The molecule has 0 saturated carbocycles. The number of hydrogen-bond donors (Lipinski definition) is 2. The Balaban J connectivity index is 1.88. The summed E-state index contributed by atoms with van der Waals surface area (Å²) in [6, 6.07) is 6.96. The fraction of sp³-hybridized carbons (Fsp3) is 0.462. The number of benzene rings is 1. The number of nitrogen functional groups attached to an aromatic ring is 1. The van der Waals surface area contributed by atoms with Crippen molar-refractivity contribution in [3.8, 4) is 0 Å². The molecule has 1 fully saturated rings. The van der Waals surface area contributed by atoms with Crippen LogP contribution >= 0.6 is 0 Å². The molecule has 1 aliphatic rings. The van der Waals surface area contributed by atoms with Crippen LogP contribution in [-0.2, 0) is 14.6 Å². The van der Waals surface area contributed by atoms with Crippen LogP contribution in [0.5, 0.6) is 0 Å². The highest BCUT2D eigenvalue weighted by Gasteiger charge is 2.20. The monoisotopic (exact) mass is 297 g/mol. The van der Waals surface area contributed by atoms with Gasteiger partial charge in [-0.05, 0) is 31.2 Å². The standard InChI is InChI=1S/C13H19N3O3S/c14-11-3-1-4-12(9-11)15-13(17)10-16-5-2-7-20(18,19)8-6-16/h1,3-4,9H,2,5-8,10,14H2,(H,15,17). The molecule has 0 aliphatic carbocycles. The summed E-state index contributed by atoms with van der Waals surface area (Å²) in [5.41, 5.74) is 6.88. The summed E-state index contributed by atoms with van der Waals surface area (Å²) in [4.78, 5) is 13.8. The summed E-state index contributed by atoms with van der Waals surface area (Å²) in [6.07, 6.45) is 0.577. The number of carbonyl (C=O) groups is 1. The molecule has 1 aromatic rings. The fourth-order valence-corrected chi connectivity index (χ4v) is 3.48. The molecular formula is C13H19N3O3S. The van der Waals surface area contributed by atoms with Gasteiger partial charge in [0.2, 0.25) is 5.91 Å². The van der Waals surface area contributed by atoms with E-state index in [4.69, 9.17) is 5.73 Å². The predicted octanol–water partition coefficient (Wildman–Crippen LogP) is 0.328. The normalized spacial score (nSPS) is 19.2. The highest BCUT2D eigenvalue weighted by Crippen LogP contribution is 2.12. The van der Waals surface area contributed by atoms with Gasteiger partial charge >= 0.3 is 0 Å². The van der Waals surface area contributed by atoms with Gasteiger partial charge in [0.25, 0.3) is 0 Å². The molecule has 1 aromatic carbocycles. The first-order valence-electron chi connectivity index (χ1n) is 6.53. The molecule has 3 N–H and O–H groups in total. The molecule has 20 heavy (non-hydrogen) atoms. The number of nitrogens with zero attached hydrogens (tertiary/aromatic N) is 1. The third-order valence-electron chi connectivity index (χ3n) is 3.19. The number of sulfone groups is 1. The highest BCUT2D eigenvalue weighted by atomic mass is 32.2. The molecule has 0 aromatic heterocycles. The van der Waals surface area contributed by atoms with Gasteiger partial charge in [0.05, 0.1) is 18.1 Å². The lowest BCUT2D eigenvalue weighted by atomic mass is 10.3. The van der Waals surface area contributed by atoms with E-state index in [9.17, 15) is 13.2 Å². The Hall–Kier alpha value is -1.60. The van der Waals surface area contributed by atoms with E-state index in [1.165, 1.54) is 0 Å². The summed E-state index contributed by atoms with van der Waals surface area (Å²) in [5, 5.41) is 2.76. The number of hydrogen-bond acceptors (Lipinski definition) is 5. The average Bonchev–Trinajstić information content (AvgIpc) is 2.51. The van der Waals surface area contributed by atoms with Gasteiger partial charge in [-0.15, -0.1) is 0 Å². The van der Waals surface area contributed by atoms with Crippen LogP contribution < -0.4 is 11.1 Å². The highest BCUT2D eigenvalue weighted by molar-refractivity contribution is 7.91. The smallest absolute Gasteiger partial charge is 0.238 e. The Labute approximate surface area is 118 Å². The van der Waals surface area contributed by atoms with E-state index in [1.807, 2.05) is 4.90 Å². The van der Waals surface area contributed by atoms with Crippen molar-refractivity contribution in [2.24, 2.45) is 0 Å². The van der Waals surface area contributed by atoms with Crippen molar-refractivity contribution in [2.45, 2.75) is 6.42 Å². The van der Waals surface area contributed by atoms with Crippen molar-refractivity contribution >= 4 is 27.1 Å². The Morgan fingerprint density at radius 1 is 1.30 bits per heavy atom. The Kier molecular flexibility index (Phi) is 4.61. The van der Waals surface area contributed by atoms with Gasteiger partial charge in [-0.3, -0.25) is 9.69 Å². The first-order chi connectivity index (χ1) is 9.44. The van der Waals surface area contributed by atoms with Crippen molar-refractivity contribution in [1.82, 2.24) is 4.90 Å². The maximum Gasteiger partial charge on any atom is 0.238 e. The van der Waals surface area contributed by atoms with Crippen molar-refractivity contribution in [3.05, 3.63) is 24.3 Å². The quantitative estimate of drug-likeness (QED) is 0.784. The van der Waals surface area contributed by atoms with Gasteiger partial charge in [-0.25, -0.2) is 8.42 Å². The molecule has 0 atom stereocenters. The lowest BCUT2D eigenvalue weighted by Crippen LogP contribution is -2.35. The molecule has 1 saturated heterocycles. The van der Waals surface area contributed by atoms with Crippen LogP contribution in [0, 0.1) is 0 Å². The van der Waals surface area contributed by atoms with Crippen LogP contribution in [0.2, 0.25) is 0 Å². The second-order valence-corrected chi connectivity index (χ2v) is 7.26. The third kappa shape index (κ3) is 4.50. The van der Waals surface area contributed by atoms with E-state index in [2.05, 4.69) is 5.32 Å². The number of rotatable bonds is 3. The fourth-order valence-electron chi connectivity index (χ4n) is 2.17. The van der Waals surface area contributed by atoms with Gasteiger partial charge in [0.1, 0.15) is 0 Å². The van der Waals surface area contributed by atoms with Gasteiger partial charge < -0.3 is 11.1 Å². The van der Waals surface area contributed by atoms with Crippen LogP contribution in [0.15, 0.2) is 24.3 Å². The summed E-state index contributed by atoms with van der Waals surface area (Å²) in [5.74, 6) is 0.175. The zero-order valence-electron chi connectivity index (χ0n) is 11.2. The Bertz CT molecular complexity index is 586. The van der Waals surface area contributed by atoms with E-state index in [1.54, 1.807) is 24.3 Å². The molecule has 1 amide bonds. The van der Waals surface area contributed by atoms with E-state index in [0.29, 0.717) is 30.9 Å². The Morgan fingerprint density at radius 2 is 2.10 bits per heavy atom. The SMILES string of the molecule is Nc1cccc(NC(=O)CN2CCCS(=O)(=O)CC2)c1.